The number of halogens is 2. The second kappa shape index (κ2) is 10.7. The number of methoxy groups -OCH3 is 1. The van der Waals surface area contributed by atoms with Crippen LogP contribution in [0.25, 0.3) is 0 Å². The molecule has 1 aliphatic heterocycles. The summed E-state index contributed by atoms with van der Waals surface area (Å²) in [4.78, 5) is 0. The monoisotopic (exact) mass is 345 g/mol. The van der Waals surface area contributed by atoms with Crippen molar-refractivity contribution in [2.45, 2.75) is 57.9 Å². The molecule has 0 amide bonds. The van der Waals surface area contributed by atoms with Crippen LogP contribution >= 0.6 is 12.4 Å². The van der Waals surface area contributed by atoms with Gasteiger partial charge in [0.1, 0.15) is 12.4 Å². The van der Waals surface area contributed by atoms with Gasteiger partial charge in [0, 0.05) is 11.6 Å². The van der Waals surface area contributed by atoms with Crippen molar-refractivity contribution < 1.29 is 13.9 Å². The Morgan fingerprint density at radius 3 is 2.70 bits per heavy atom. The topological polar surface area (TPSA) is 30.5 Å². The zero-order valence-electron chi connectivity index (χ0n) is 14.2. The highest BCUT2D eigenvalue weighted by Gasteiger charge is 2.25. The van der Waals surface area contributed by atoms with Gasteiger partial charge >= 0.3 is 0 Å². The molecule has 1 aliphatic rings. The molecule has 0 bridgehead atoms. The average molecular weight is 346 g/mol. The Balaban J connectivity index is 0.00000264. The van der Waals surface area contributed by atoms with Gasteiger partial charge < -0.3 is 14.8 Å². The number of rotatable bonds is 9. The first-order valence-corrected chi connectivity index (χ1v) is 8.47. The maximum absolute atomic E-state index is 13.8. The third-order valence-corrected chi connectivity index (χ3v) is 4.23. The van der Waals surface area contributed by atoms with E-state index in [-0.39, 0.29) is 24.3 Å². The fourth-order valence-electron chi connectivity index (χ4n) is 2.95. The predicted molar refractivity (Wildman–Crippen MR) is 94.6 cm³/mol. The molecule has 0 saturated heterocycles. The minimum atomic E-state index is -0.301. The molecule has 3 nitrogen and oxygen atoms in total. The molecule has 0 spiro atoms. The van der Waals surface area contributed by atoms with Gasteiger partial charge in [0.25, 0.3) is 0 Å². The Kier molecular flexibility index (Phi) is 9.34. The van der Waals surface area contributed by atoms with Crippen LogP contribution in [0, 0.1) is 5.82 Å². The number of ether oxygens (including phenoxy) is 2. The van der Waals surface area contributed by atoms with Crippen molar-refractivity contribution in [1.29, 1.82) is 0 Å². The Hall–Kier alpha value is -1.00. The molecule has 1 aromatic rings. The lowest BCUT2D eigenvalue weighted by Gasteiger charge is -2.27. The zero-order chi connectivity index (χ0) is 15.8. The van der Waals surface area contributed by atoms with Crippen molar-refractivity contribution in [2.24, 2.45) is 0 Å². The fraction of sp³-hybridized carbons (Fsp3) is 0.667. The second-order valence-electron chi connectivity index (χ2n) is 5.99. The average Bonchev–Trinajstić information content (AvgIpc) is 2.54. The van der Waals surface area contributed by atoms with Gasteiger partial charge in [-0.25, -0.2) is 4.39 Å². The number of fused-ring (bicyclic) bond motifs is 1. The van der Waals surface area contributed by atoms with E-state index in [0.717, 1.165) is 18.5 Å². The van der Waals surface area contributed by atoms with Crippen LogP contribution in [-0.4, -0.2) is 26.3 Å². The number of benzene rings is 1. The minimum absolute atomic E-state index is 0. The lowest BCUT2D eigenvalue weighted by molar-refractivity contribution is 0.224. The third kappa shape index (κ3) is 5.85. The van der Waals surface area contributed by atoms with Gasteiger partial charge in [0.2, 0.25) is 0 Å². The van der Waals surface area contributed by atoms with E-state index in [1.54, 1.807) is 13.2 Å². The van der Waals surface area contributed by atoms with Crippen LogP contribution < -0.4 is 14.8 Å². The molecule has 1 atom stereocenters. The predicted octanol–water partition coefficient (Wildman–Crippen LogP) is 4.51. The normalized spacial score (nSPS) is 16.2. The van der Waals surface area contributed by atoms with Crippen LogP contribution in [-0.2, 0) is 6.42 Å². The van der Waals surface area contributed by atoms with E-state index in [4.69, 9.17) is 9.47 Å². The third-order valence-electron chi connectivity index (χ3n) is 4.23. The molecule has 0 aromatic heterocycles. The number of nitrogens with one attached hydrogen (secondary N) is 1. The van der Waals surface area contributed by atoms with E-state index in [9.17, 15) is 4.39 Å². The highest BCUT2D eigenvalue weighted by molar-refractivity contribution is 5.85. The van der Waals surface area contributed by atoms with Gasteiger partial charge in [-0.2, -0.15) is 0 Å². The number of hydrogen-bond acceptors (Lipinski definition) is 3. The molecule has 1 N–H and O–H groups in total. The molecule has 0 radical (unpaired) electrons. The van der Waals surface area contributed by atoms with Crippen LogP contribution in [0.15, 0.2) is 12.1 Å². The van der Waals surface area contributed by atoms with Crippen molar-refractivity contribution >= 4 is 12.4 Å². The quantitative estimate of drug-likeness (QED) is 0.668. The first-order chi connectivity index (χ1) is 10.8. The fourth-order valence-corrected chi connectivity index (χ4v) is 2.95. The lowest BCUT2D eigenvalue weighted by atomic mass is 10.0. The maximum Gasteiger partial charge on any atom is 0.165 e. The molecule has 1 aromatic carbocycles. The smallest absolute Gasteiger partial charge is 0.165 e. The van der Waals surface area contributed by atoms with E-state index in [0.29, 0.717) is 18.1 Å². The zero-order valence-corrected chi connectivity index (χ0v) is 15.0. The SMILES string of the molecule is CCCCCCCCNC1COc2c(F)ccc(OC)c2C1.Cl. The molecule has 5 heteroatoms. The van der Waals surface area contributed by atoms with Crippen LogP contribution in [0.2, 0.25) is 0 Å². The molecule has 1 unspecified atom stereocenters. The Labute approximate surface area is 145 Å². The van der Waals surface area contributed by atoms with E-state index in [1.165, 1.54) is 44.6 Å². The minimum Gasteiger partial charge on any atom is -0.496 e. The molecule has 1 heterocycles. The summed E-state index contributed by atoms with van der Waals surface area (Å²) >= 11 is 0. The van der Waals surface area contributed by atoms with Gasteiger partial charge in [0.15, 0.2) is 11.6 Å². The Morgan fingerprint density at radius 2 is 1.96 bits per heavy atom. The Bertz CT molecular complexity index is 471. The van der Waals surface area contributed by atoms with E-state index < -0.39 is 0 Å². The first kappa shape index (κ1) is 20.0. The van der Waals surface area contributed by atoms with Crippen molar-refractivity contribution in [2.75, 3.05) is 20.3 Å². The van der Waals surface area contributed by atoms with E-state index in [1.807, 2.05) is 0 Å². The molecule has 23 heavy (non-hydrogen) atoms. The van der Waals surface area contributed by atoms with E-state index in [2.05, 4.69) is 12.2 Å². The number of hydrogen-bond donors (Lipinski definition) is 1. The summed E-state index contributed by atoms with van der Waals surface area (Å²) in [6.07, 6.45) is 8.50. The van der Waals surface area contributed by atoms with Gasteiger partial charge in [-0.05, 0) is 31.5 Å². The molecular weight excluding hydrogens is 317 g/mol. The van der Waals surface area contributed by atoms with Crippen molar-refractivity contribution in [3.63, 3.8) is 0 Å². The van der Waals surface area contributed by atoms with Crippen LogP contribution in [0.5, 0.6) is 11.5 Å². The molecule has 0 fully saturated rings. The van der Waals surface area contributed by atoms with Gasteiger partial charge in [-0.15, -0.1) is 12.4 Å². The molecule has 2 rings (SSSR count). The van der Waals surface area contributed by atoms with Gasteiger partial charge in [-0.3, -0.25) is 0 Å². The summed E-state index contributed by atoms with van der Waals surface area (Å²) in [7, 11) is 1.61. The van der Waals surface area contributed by atoms with Crippen molar-refractivity contribution in [3.05, 3.63) is 23.5 Å². The summed E-state index contributed by atoms with van der Waals surface area (Å²) < 4.78 is 24.7. The summed E-state index contributed by atoms with van der Waals surface area (Å²) in [5, 5.41) is 3.52. The summed E-state index contributed by atoms with van der Waals surface area (Å²) in [5.41, 5.74) is 0.842. The van der Waals surface area contributed by atoms with Gasteiger partial charge in [0.05, 0.1) is 7.11 Å². The maximum atomic E-state index is 13.8. The highest BCUT2D eigenvalue weighted by Crippen LogP contribution is 2.35. The molecule has 132 valence electrons. The van der Waals surface area contributed by atoms with Crippen molar-refractivity contribution in [1.82, 2.24) is 5.32 Å². The summed E-state index contributed by atoms with van der Waals surface area (Å²) in [6, 6.07) is 3.31. The summed E-state index contributed by atoms with van der Waals surface area (Å²) in [5.74, 6) is 0.768. The first-order valence-electron chi connectivity index (χ1n) is 8.47. The van der Waals surface area contributed by atoms with Crippen molar-refractivity contribution in [3.8, 4) is 11.5 Å². The second-order valence-corrected chi connectivity index (χ2v) is 5.99. The molecular formula is C18H29ClFNO2. The van der Waals surface area contributed by atoms with Crippen LogP contribution in [0.3, 0.4) is 0 Å². The Morgan fingerprint density at radius 1 is 1.22 bits per heavy atom. The molecule has 0 saturated carbocycles. The number of unbranched alkanes of at least 4 members (excludes halogenated alkanes) is 5. The largest absolute Gasteiger partial charge is 0.496 e. The van der Waals surface area contributed by atoms with Crippen LogP contribution in [0.1, 0.15) is 51.0 Å². The van der Waals surface area contributed by atoms with Gasteiger partial charge in [-0.1, -0.05) is 39.0 Å². The summed E-state index contributed by atoms with van der Waals surface area (Å²) in [6.45, 7) is 3.75. The standard InChI is InChI=1S/C18H28FNO2.ClH/c1-3-4-5-6-7-8-11-20-14-12-15-17(21-2)10-9-16(19)18(15)22-13-14;/h9-10,14,20H,3-8,11-13H2,1-2H3;1H. The lowest BCUT2D eigenvalue weighted by Crippen LogP contribution is -2.40. The highest BCUT2D eigenvalue weighted by atomic mass is 35.5. The van der Waals surface area contributed by atoms with E-state index >= 15 is 0 Å². The van der Waals surface area contributed by atoms with Crippen LogP contribution in [0.4, 0.5) is 4.39 Å². The molecule has 0 aliphatic carbocycles.